The summed E-state index contributed by atoms with van der Waals surface area (Å²) in [6.07, 6.45) is 0.433. The highest BCUT2D eigenvalue weighted by Crippen LogP contribution is 2.61. The Labute approximate surface area is 174 Å². The maximum Gasteiger partial charge on any atom is 0.335 e. The minimum absolute atomic E-state index is 0.140. The van der Waals surface area contributed by atoms with Crippen molar-refractivity contribution in [2.75, 3.05) is 19.5 Å². The average molecular weight is 460 g/mol. The first-order valence-corrected chi connectivity index (χ1v) is 11.9. The smallest absolute Gasteiger partial charge is 0.335 e. The zero-order valence-corrected chi connectivity index (χ0v) is 18.0. The Balaban J connectivity index is 1.76. The number of carbonyl (C=O) groups is 1. The molecule has 2 heterocycles. The van der Waals surface area contributed by atoms with Gasteiger partial charge in [0.25, 0.3) is 0 Å². The van der Waals surface area contributed by atoms with Crippen molar-refractivity contribution >= 4 is 32.6 Å². The second kappa shape index (κ2) is 8.22. The molecular formula is C16H21N5O7S2. The van der Waals surface area contributed by atoms with E-state index in [2.05, 4.69) is 20.3 Å². The van der Waals surface area contributed by atoms with Crippen LogP contribution < -0.4 is 19.5 Å². The summed E-state index contributed by atoms with van der Waals surface area (Å²) in [5.41, 5.74) is 0.907. The van der Waals surface area contributed by atoms with Crippen molar-refractivity contribution in [3.63, 3.8) is 0 Å². The molecule has 0 saturated carbocycles. The van der Waals surface area contributed by atoms with Crippen molar-refractivity contribution < 1.29 is 31.8 Å². The van der Waals surface area contributed by atoms with Crippen LogP contribution in [-0.4, -0.2) is 58.0 Å². The van der Waals surface area contributed by atoms with Crippen LogP contribution >= 0.6 is 10.6 Å². The third-order valence-corrected chi connectivity index (χ3v) is 7.93. The van der Waals surface area contributed by atoms with E-state index in [0.717, 1.165) is 0 Å². The summed E-state index contributed by atoms with van der Waals surface area (Å²) in [6, 6.07) is 3.46. The molecule has 14 heteroatoms. The maximum atomic E-state index is 12.5. The van der Waals surface area contributed by atoms with Gasteiger partial charge in [-0.15, -0.1) is 4.98 Å². The van der Waals surface area contributed by atoms with Crippen LogP contribution in [0.25, 0.3) is 0 Å². The first-order valence-electron chi connectivity index (χ1n) is 8.59. The number of rotatable bonds is 6. The fraction of sp³-hybridized carbons (Fsp3) is 0.375. The molecule has 2 aromatic rings. The fourth-order valence-electron chi connectivity index (χ4n) is 3.01. The molecule has 1 aliphatic heterocycles. The number of amides is 2. The fourth-order valence-corrected chi connectivity index (χ4v) is 6.04. The molecule has 1 aliphatic rings. The predicted octanol–water partition coefficient (Wildman–Crippen LogP) is 1.59. The van der Waals surface area contributed by atoms with E-state index in [-0.39, 0.29) is 28.4 Å². The number of hydrogen-bond donors (Lipinski definition) is 4. The molecule has 1 aromatic carbocycles. The number of sulfonamides is 1. The molecule has 30 heavy (non-hydrogen) atoms. The van der Waals surface area contributed by atoms with Crippen LogP contribution in [0.2, 0.25) is 0 Å². The molecule has 0 radical (unpaired) electrons. The van der Waals surface area contributed by atoms with Crippen molar-refractivity contribution in [3.05, 3.63) is 29.3 Å². The van der Waals surface area contributed by atoms with E-state index in [9.17, 15) is 22.3 Å². The van der Waals surface area contributed by atoms with Gasteiger partial charge in [-0.2, -0.15) is 20.6 Å². The summed E-state index contributed by atoms with van der Waals surface area (Å²) < 4.78 is 57.5. The van der Waals surface area contributed by atoms with Crippen molar-refractivity contribution in [1.82, 2.24) is 19.7 Å². The molecule has 4 N–H and O–H groups in total. The Hall–Kier alpha value is -2.68. The van der Waals surface area contributed by atoms with Crippen LogP contribution in [-0.2, 0) is 22.2 Å². The van der Waals surface area contributed by atoms with E-state index < -0.39 is 37.6 Å². The van der Waals surface area contributed by atoms with E-state index in [1.54, 1.807) is 19.1 Å². The highest BCUT2D eigenvalue weighted by Gasteiger charge is 2.36. The van der Waals surface area contributed by atoms with E-state index in [4.69, 9.17) is 9.47 Å². The third kappa shape index (κ3) is 4.56. The van der Waals surface area contributed by atoms with Gasteiger partial charge >= 0.3 is 18.1 Å². The number of hydrogen-bond acceptors (Lipinski definition) is 10. The number of nitrogens with one attached hydrogen (secondary N) is 2. The number of aromatic nitrogens is 3. The number of ether oxygens (including phenoxy) is 2. The molecule has 0 spiro atoms. The highest BCUT2D eigenvalue weighted by atomic mass is 32.3. The zero-order valence-electron chi connectivity index (χ0n) is 16.3. The van der Waals surface area contributed by atoms with Gasteiger partial charge in [0.2, 0.25) is 16.0 Å². The number of nitrogens with zero attached hydrogens (tertiary/aromatic N) is 3. The van der Waals surface area contributed by atoms with Gasteiger partial charge in [0.05, 0.1) is 30.1 Å². The lowest BCUT2D eigenvalue weighted by Crippen LogP contribution is -2.35. The van der Waals surface area contributed by atoms with Crippen LogP contribution in [0.3, 0.4) is 0 Å². The minimum Gasteiger partial charge on any atom is -0.467 e. The van der Waals surface area contributed by atoms with Crippen LogP contribution in [0, 0.1) is 0 Å². The van der Waals surface area contributed by atoms with E-state index in [1.807, 2.05) is 4.72 Å². The molecule has 164 valence electrons. The van der Waals surface area contributed by atoms with Gasteiger partial charge in [-0.25, -0.2) is 17.9 Å². The molecule has 3 rings (SSSR count). The molecule has 0 aliphatic carbocycles. The molecular weight excluding hydrogens is 438 g/mol. The van der Waals surface area contributed by atoms with Crippen LogP contribution in [0.4, 0.5) is 10.7 Å². The molecule has 1 unspecified atom stereocenters. The SMILES string of the molecule is COc1nc(NC(=O)NS(=O)(=O)Cc2cccc3c2S(O)(O)C(C)C3)nc(OC)n1. The molecule has 0 saturated heterocycles. The Morgan fingerprint density at radius 2 is 1.83 bits per heavy atom. The van der Waals surface area contributed by atoms with E-state index in [1.165, 1.54) is 20.3 Å². The second-order valence-electron chi connectivity index (χ2n) is 6.46. The Morgan fingerprint density at radius 1 is 1.20 bits per heavy atom. The second-order valence-corrected chi connectivity index (χ2v) is 10.6. The van der Waals surface area contributed by atoms with Gasteiger partial charge in [-0.3, -0.25) is 14.4 Å². The Morgan fingerprint density at radius 3 is 2.43 bits per heavy atom. The molecule has 1 atom stereocenters. The van der Waals surface area contributed by atoms with Crippen molar-refractivity contribution in [2.24, 2.45) is 0 Å². The van der Waals surface area contributed by atoms with Crippen LogP contribution in [0.1, 0.15) is 18.1 Å². The first kappa shape index (κ1) is 22.0. The Kier molecular flexibility index (Phi) is 6.03. The number of carbonyl (C=O) groups excluding carboxylic acids is 1. The van der Waals surface area contributed by atoms with E-state index in [0.29, 0.717) is 12.0 Å². The lowest BCUT2D eigenvalue weighted by molar-refractivity contribution is 0.256. The molecule has 0 bridgehead atoms. The van der Waals surface area contributed by atoms with Crippen molar-refractivity contribution in [1.29, 1.82) is 0 Å². The summed E-state index contributed by atoms with van der Waals surface area (Å²) in [4.78, 5) is 23.7. The van der Waals surface area contributed by atoms with Gasteiger partial charge in [0.1, 0.15) is 0 Å². The summed E-state index contributed by atoms with van der Waals surface area (Å²) in [6.45, 7) is 1.69. The topological polar surface area (TPSA) is 173 Å². The summed E-state index contributed by atoms with van der Waals surface area (Å²) in [5, 5.41) is 1.75. The molecule has 0 fully saturated rings. The molecule has 12 nitrogen and oxygen atoms in total. The number of anilines is 1. The van der Waals surface area contributed by atoms with Crippen LogP contribution in [0.15, 0.2) is 23.1 Å². The third-order valence-electron chi connectivity index (χ3n) is 4.33. The predicted molar refractivity (Wildman–Crippen MR) is 108 cm³/mol. The molecule has 2 amide bonds. The van der Waals surface area contributed by atoms with E-state index >= 15 is 0 Å². The average Bonchev–Trinajstić information content (AvgIpc) is 2.89. The standard InChI is InChI=1S/C16H21N5O7S2/c1-9-7-10-5-4-6-11(12(10)30(9,25)26)8-29(23,24)21-14(22)17-13-18-15(27-2)20-16(19-13)28-3/h4-6,9,25-26H,7-8H2,1-3H3,(H2,17,18,19,20,21,22). The van der Waals surface area contributed by atoms with Gasteiger partial charge in [-0.1, -0.05) is 18.2 Å². The quantitative estimate of drug-likeness (QED) is 0.497. The number of methoxy groups -OCH3 is 2. The normalized spacial score (nSPS) is 18.2. The zero-order chi connectivity index (χ0) is 22.1. The summed E-state index contributed by atoms with van der Waals surface area (Å²) in [7, 11) is -4.71. The van der Waals surface area contributed by atoms with Gasteiger partial charge in [-0.05, 0) is 24.5 Å². The first-order chi connectivity index (χ1) is 14.1. The minimum atomic E-state index is -4.18. The van der Waals surface area contributed by atoms with Crippen LogP contribution in [0.5, 0.6) is 12.0 Å². The lowest BCUT2D eigenvalue weighted by atomic mass is 10.1. The largest absolute Gasteiger partial charge is 0.467 e. The maximum absolute atomic E-state index is 12.5. The number of urea groups is 1. The Bertz CT molecular complexity index is 1060. The summed E-state index contributed by atoms with van der Waals surface area (Å²) >= 11 is 0. The van der Waals surface area contributed by atoms with Gasteiger partial charge in [0, 0.05) is 0 Å². The monoisotopic (exact) mass is 459 g/mol. The summed E-state index contributed by atoms with van der Waals surface area (Å²) in [5.74, 6) is -0.897. The van der Waals surface area contributed by atoms with Crippen molar-refractivity contribution in [2.45, 2.75) is 29.2 Å². The van der Waals surface area contributed by atoms with Gasteiger partial charge in [0.15, 0.2) is 0 Å². The van der Waals surface area contributed by atoms with Crippen molar-refractivity contribution in [3.8, 4) is 12.0 Å². The lowest BCUT2D eigenvalue weighted by Gasteiger charge is -2.34. The molecule has 1 aromatic heterocycles. The number of fused-ring (bicyclic) bond motifs is 1. The van der Waals surface area contributed by atoms with Gasteiger partial charge < -0.3 is 9.47 Å². The highest BCUT2D eigenvalue weighted by molar-refractivity contribution is 8.25. The number of benzene rings is 1.